The molecular formula is C28H32N4O3. The molecule has 0 saturated carbocycles. The zero-order chi connectivity index (χ0) is 24.8. The number of carboxylic acid groups (broad SMARTS) is 1. The molecule has 0 atom stereocenters. The van der Waals surface area contributed by atoms with Gasteiger partial charge in [0.05, 0.1) is 19.2 Å². The van der Waals surface area contributed by atoms with E-state index in [9.17, 15) is 9.90 Å². The maximum absolute atomic E-state index is 11.4. The number of nitrogens with zero attached hydrogens (tertiary/aromatic N) is 3. The quantitative estimate of drug-likeness (QED) is 0.396. The van der Waals surface area contributed by atoms with Crippen LogP contribution in [0.25, 0.3) is 0 Å². The molecule has 0 aliphatic carbocycles. The summed E-state index contributed by atoms with van der Waals surface area (Å²) in [5.74, 6) is 0.574. The minimum atomic E-state index is -0.953. The van der Waals surface area contributed by atoms with Gasteiger partial charge in [-0.1, -0.05) is 30.3 Å². The van der Waals surface area contributed by atoms with Crippen molar-refractivity contribution >= 4 is 23.3 Å². The van der Waals surface area contributed by atoms with Crippen molar-refractivity contribution in [2.75, 3.05) is 43.5 Å². The number of carboxylic acids is 1. The third kappa shape index (κ3) is 5.93. The van der Waals surface area contributed by atoms with Crippen LogP contribution in [0.4, 0.5) is 11.4 Å². The first-order chi connectivity index (χ1) is 16.9. The monoisotopic (exact) mass is 472 g/mol. The van der Waals surface area contributed by atoms with E-state index < -0.39 is 5.97 Å². The highest BCUT2D eigenvalue weighted by Crippen LogP contribution is 2.24. The number of anilines is 2. The van der Waals surface area contributed by atoms with Gasteiger partial charge < -0.3 is 25.0 Å². The minimum Gasteiger partial charge on any atom is -0.497 e. The summed E-state index contributed by atoms with van der Waals surface area (Å²) in [6, 6.07) is 21.1. The van der Waals surface area contributed by atoms with Gasteiger partial charge >= 0.3 is 5.97 Å². The van der Waals surface area contributed by atoms with Gasteiger partial charge in [-0.05, 0) is 66.9 Å². The molecule has 3 aromatic carbocycles. The van der Waals surface area contributed by atoms with Crippen LogP contribution >= 0.6 is 0 Å². The van der Waals surface area contributed by atoms with Crippen LogP contribution < -0.4 is 15.0 Å². The topological polar surface area (TPSA) is 77.4 Å². The molecule has 2 N–H and O–H groups in total. The number of benzene rings is 3. The molecule has 0 amide bonds. The Labute approximate surface area is 206 Å². The number of methoxy groups -OCH3 is 1. The summed E-state index contributed by atoms with van der Waals surface area (Å²) in [5, 5.41) is 12.8. The Morgan fingerprint density at radius 2 is 1.74 bits per heavy atom. The second kappa shape index (κ2) is 11.0. The molecule has 0 spiro atoms. The summed E-state index contributed by atoms with van der Waals surface area (Å²) in [7, 11) is 1.65. The highest BCUT2D eigenvalue weighted by Gasteiger charge is 2.22. The van der Waals surface area contributed by atoms with Crippen molar-refractivity contribution < 1.29 is 14.6 Å². The lowest BCUT2D eigenvalue weighted by molar-refractivity contribution is 0.0697. The van der Waals surface area contributed by atoms with Gasteiger partial charge in [0, 0.05) is 37.6 Å². The van der Waals surface area contributed by atoms with Crippen molar-refractivity contribution in [3.05, 3.63) is 89.0 Å². The predicted molar refractivity (Wildman–Crippen MR) is 141 cm³/mol. The van der Waals surface area contributed by atoms with Crippen molar-refractivity contribution in [1.82, 2.24) is 4.90 Å². The molecule has 7 nitrogen and oxygen atoms in total. The van der Waals surface area contributed by atoms with Crippen molar-refractivity contribution in [3.63, 3.8) is 0 Å². The maximum atomic E-state index is 11.4. The van der Waals surface area contributed by atoms with Gasteiger partial charge in [-0.25, -0.2) is 9.79 Å². The number of nitrogens with one attached hydrogen (secondary N) is 1. The Hall–Kier alpha value is -4.00. The molecule has 0 unspecified atom stereocenters. The lowest BCUT2D eigenvalue weighted by atomic mass is 10.1. The summed E-state index contributed by atoms with van der Waals surface area (Å²) in [6.07, 6.45) is 0. The van der Waals surface area contributed by atoms with Crippen molar-refractivity contribution in [1.29, 1.82) is 0 Å². The molecule has 1 saturated heterocycles. The molecule has 182 valence electrons. The highest BCUT2D eigenvalue weighted by atomic mass is 16.5. The van der Waals surface area contributed by atoms with Gasteiger partial charge in [0.25, 0.3) is 0 Å². The average Bonchev–Trinajstić information content (AvgIpc) is 2.88. The van der Waals surface area contributed by atoms with E-state index in [1.165, 1.54) is 16.8 Å². The van der Waals surface area contributed by atoms with Gasteiger partial charge in [-0.3, -0.25) is 0 Å². The van der Waals surface area contributed by atoms with Crippen molar-refractivity contribution in [2.24, 2.45) is 4.99 Å². The van der Waals surface area contributed by atoms with E-state index in [0.29, 0.717) is 12.2 Å². The second-order valence-corrected chi connectivity index (χ2v) is 8.70. The molecule has 1 aliphatic heterocycles. The largest absolute Gasteiger partial charge is 0.497 e. The standard InChI is InChI=1S/C28H32N4O3/c1-20-7-4-12-26(21(20)2)31-13-15-32(16-14-31)28(29-19-22-8-5-11-25(17-22)35-3)30-24-10-6-9-23(18-24)27(33)34/h4-12,17-18H,13-16,19H2,1-3H3,(H,29,30)(H,33,34). The average molecular weight is 473 g/mol. The lowest BCUT2D eigenvalue weighted by Crippen LogP contribution is -2.51. The Balaban J connectivity index is 1.54. The van der Waals surface area contributed by atoms with E-state index >= 15 is 0 Å². The molecule has 0 aromatic heterocycles. The van der Waals surface area contributed by atoms with Crippen molar-refractivity contribution in [2.45, 2.75) is 20.4 Å². The Kier molecular flexibility index (Phi) is 7.55. The normalized spacial score (nSPS) is 14.1. The first-order valence-corrected chi connectivity index (χ1v) is 11.8. The number of hydrogen-bond donors (Lipinski definition) is 2. The highest BCUT2D eigenvalue weighted by molar-refractivity contribution is 5.96. The zero-order valence-corrected chi connectivity index (χ0v) is 20.5. The first-order valence-electron chi connectivity index (χ1n) is 11.8. The fourth-order valence-electron chi connectivity index (χ4n) is 4.25. The van der Waals surface area contributed by atoms with E-state index in [-0.39, 0.29) is 5.56 Å². The minimum absolute atomic E-state index is 0.238. The smallest absolute Gasteiger partial charge is 0.335 e. The number of carbonyl (C=O) groups is 1. The van der Waals surface area contributed by atoms with E-state index in [4.69, 9.17) is 9.73 Å². The van der Waals surface area contributed by atoms with Gasteiger partial charge in [0.15, 0.2) is 5.96 Å². The maximum Gasteiger partial charge on any atom is 0.335 e. The van der Waals surface area contributed by atoms with E-state index in [0.717, 1.165) is 43.5 Å². The van der Waals surface area contributed by atoms with E-state index in [1.54, 1.807) is 25.3 Å². The molecule has 1 heterocycles. The number of rotatable bonds is 6. The molecule has 0 bridgehead atoms. The lowest BCUT2D eigenvalue weighted by Gasteiger charge is -2.38. The van der Waals surface area contributed by atoms with Gasteiger partial charge in [0.2, 0.25) is 0 Å². The number of aryl methyl sites for hydroxylation is 1. The van der Waals surface area contributed by atoms with Crippen LogP contribution in [-0.4, -0.2) is 55.2 Å². The number of hydrogen-bond acceptors (Lipinski definition) is 4. The fourth-order valence-corrected chi connectivity index (χ4v) is 4.25. The first kappa shape index (κ1) is 24.1. The number of aliphatic imine (C=N–C) groups is 1. The van der Waals surface area contributed by atoms with Crippen LogP contribution in [0.2, 0.25) is 0 Å². The van der Waals surface area contributed by atoms with Crippen molar-refractivity contribution in [3.8, 4) is 5.75 Å². The number of ether oxygens (including phenoxy) is 1. The summed E-state index contributed by atoms with van der Waals surface area (Å²) in [5.41, 5.74) is 5.87. The van der Waals surface area contributed by atoms with Gasteiger partial charge in [-0.2, -0.15) is 0 Å². The zero-order valence-electron chi connectivity index (χ0n) is 20.5. The number of guanidine groups is 1. The van der Waals surface area contributed by atoms with Gasteiger partial charge in [-0.15, -0.1) is 0 Å². The Bertz CT molecular complexity index is 1220. The SMILES string of the molecule is COc1cccc(CN=C(Nc2cccc(C(=O)O)c2)N2CCN(c3cccc(C)c3C)CC2)c1. The summed E-state index contributed by atoms with van der Waals surface area (Å²) in [6.45, 7) is 8.16. The number of aromatic carboxylic acids is 1. The molecule has 1 aliphatic rings. The molecule has 7 heteroatoms. The fraction of sp³-hybridized carbons (Fsp3) is 0.286. The van der Waals surface area contributed by atoms with Crippen LogP contribution in [0.5, 0.6) is 5.75 Å². The Morgan fingerprint density at radius 1 is 1.00 bits per heavy atom. The molecular weight excluding hydrogens is 440 g/mol. The van der Waals surface area contributed by atoms with E-state index in [1.807, 2.05) is 30.3 Å². The third-order valence-electron chi connectivity index (χ3n) is 6.41. The number of piperazine rings is 1. The van der Waals surface area contributed by atoms with Crippen LogP contribution in [0.1, 0.15) is 27.0 Å². The van der Waals surface area contributed by atoms with Gasteiger partial charge in [0.1, 0.15) is 5.75 Å². The van der Waals surface area contributed by atoms with Crippen LogP contribution in [0.15, 0.2) is 71.7 Å². The molecule has 1 fully saturated rings. The summed E-state index contributed by atoms with van der Waals surface area (Å²) < 4.78 is 5.35. The van der Waals surface area contributed by atoms with Crippen LogP contribution in [-0.2, 0) is 6.54 Å². The van der Waals surface area contributed by atoms with Crippen LogP contribution in [0, 0.1) is 13.8 Å². The predicted octanol–water partition coefficient (Wildman–Crippen LogP) is 4.80. The third-order valence-corrected chi connectivity index (χ3v) is 6.41. The second-order valence-electron chi connectivity index (χ2n) is 8.70. The van der Waals surface area contributed by atoms with Crippen LogP contribution in [0.3, 0.4) is 0 Å². The molecule has 0 radical (unpaired) electrons. The Morgan fingerprint density at radius 3 is 2.49 bits per heavy atom. The summed E-state index contributed by atoms with van der Waals surface area (Å²) >= 11 is 0. The molecule has 3 aromatic rings. The molecule has 35 heavy (non-hydrogen) atoms. The molecule has 4 rings (SSSR count). The summed E-state index contributed by atoms with van der Waals surface area (Å²) in [4.78, 5) is 21.0. The van der Waals surface area contributed by atoms with E-state index in [2.05, 4.69) is 47.2 Å².